The lowest BCUT2D eigenvalue weighted by atomic mass is 10.0. The number of carbonyl (C=O) groups is 2. The van der Waals surface area contributed by atoms with Crippen LogP contribution < -0.4 is 0 Å². The summed E-state index contributed by atoms with van der Waals surface area (Å²) in [5.74, 6) is 0.0886. The summed E-state index contributed by atoms with van der Waals surface area (Å²) in [6, 6.07) is 0. The number of unbranched alkanes of at least 4 members (excludes halogenated alkanes) is 15. The Bertz CT molecular complexity index is 1040. The van der Waals surface area contributed by atoms with Crippen molar-refractivity contribution in [3.05, 3.63) is 72.9 Å². The van der Waals surface area contributed by atoms with Gasteiger partial charge in [0.15, 0.2) is 6.10 Å². The van der Waals surface area contributed by atoms with Crippen LogP contribution in [-0.4, -0.2) is 58.8 Å². The lowest BCUT2D eigenvalue weighted by molar-refractivity contribution is -0.161. The zero-order valence-electron chi connectivity index (χ0n) is 34.6. The maximum absolute atomic E-state index is 12.2. The minimum Gasteiger partial charge on any atom is -0.462 e. The molecule has 310 valence electrons. The number of aliphatic hydroxyl groups excluding tert-OH is 3. The van der Waals surface area contributed by atoms with E-state index in [1.165, 1.54) is 89.9 Å². The Balaban J connectivity index is 3.77. The summed E-state index contributed by atoms with van der Waals surface area (Å²) in [7, 11) is 0. The van der Waals surface area contributed by atoms with Gasteiger partial charge in [-0.1, -0.05) is 196 Å². The van der Waals surface area contributed by atoms with Crippen LogP contribution in [0.25, 0.3) is 0 Å². The fraction of sp³-hybridized carbons (Fsp3) is 0.702. The van der Waals surface area contributed by atoms with Gasteiger partial charge in [-0.15, -0.1) is 0 Å². The summed E-state index contributed by atoms with van der Waals surface area (Å²) in [6.07, 6.45) is 46.2. The van der Waals surface area contributed by atoms with Crippen molar-refractivity contribution >= 4 is 11.9 Å². The summed E-state index contributed by atoms with van der Waals surface area (Å²) in [4.78, 5) is 24.3. The number of carbonyl (C=O) groups excluding carboxylic acids is 2. The molecule has 0 saturated heterocycles. The number of aliphatic hydroxyl groups is 3. The molecule has 0 aliphatic rings. The first-order valence-electron chi connectivity index (χ1n) is 21.6. The predicted octanol–water partition coefficient (Wildman–Crippen LogP) is 11.5. The standard InChI is InChI=1S/C47H80O7/c1-4-5-26-34-43(49)36-29-24-25-30-37-44(50)35-28-21-18-19-22-31-38-46(51)53-41-45(40-48)54-47(52)39-32-23-17-15-13-11-9-7-6-8-10-12-14-16-20-27-33-42(2)3/h5,19,21-22,24-26,28-30,36-37,42-45,48-50H,4,6-18,20,23,27,31-35,38-41H2,1-3H3/b22-19-,25-24-,26-5-,28-21-,36-29+,37-30+/t43-,44+,45+/m1/s1. The van der Waals surface area contributed by atoms with Gasteiger partial charge in [0.1, 0.15) is 6.61 Å². The highest BCUT2D eigenvalue weighted by atomic mass is 16.6. The highest BCUT2D eigenvalue weighted by molar-refractivity contribution is 5.70. The molecule has 7 heteroatoms. The highest BCUT2D eigenvalue weighted by Gasteiger charge is 2.16. The van der Waals surface area contributed by atoms with Crippen molar-refractivity contribution in [1.29, 1.82) is 0 Å². The van der Waals surface area contributed by atoms with E-state index < -0.39 is 24.3 Å². The third-order valence-electron chi connectivity index (χ3n) is 9.12. The zero-order valence-corrected chi connectivity index (χ0v) is 34.6. The average molecular weight is 757 g/mol. The Hall–Kier alpha value is -2.74. The van der Waals surface area contributed by atoms with E-state index in [2.05, 4.69) is 20.8 Å². The number of allylic oxidation sites excluding steroid dienone is 8. The summed E-state index contributed by atoms with van der Waals surface area (Å²) in [6.45, 7) is 6.16. The molecule has 0 radical (unpaired) electrons. The van der Waals surface area contributed by atoms with Crippen LogP contribution in [0.1, 0.15) is 175 Å². The van der Waals surface area contributed by atoms with Gasteiger partial charge < -0.3 is 24.8 Å². The van der Waals surface area contributed by atoms with Crippen LogP contribution in [0.4, 0.5) is 0 Å². The Morgan fingerprint density at radius 2 is 1.06 bits per heavy atom. The lowest BCUT2D eigenvalue weighted by Gasteiger charge is -2.15. The highest BCUT2D eigenvalue weighted by Crippen LogP contribution is 2.15. The van der Waals surface area contributed by atoms with Crippen LogP contribution in [0.5, 0.6) is 0 Å². The second-order valence-electron chi connectivity index (χ2n) is 14.9. The third-order valence-corrected chi connectivity index (χ3v) is 9.12. The van der Waals surface area contributed by atoms with E-state index in [0.717, 1.165) is 31.6 Å². The van der Waals surface area contributed by atoms with Crippen LogP contribution in [0, 0.1) is 5.92 Å². The van der Waals surface area contributed by atoms with Gasteiger partial charge >= 0.3 is 11.9 Å². The number of hydrogen-bond donors (Lipinski definition) is 3. The molecular formula is C47H80O7. The largest absolute Gasteiger partial charge is 0.462 e. The molecular weight excluding hydrogens is 677 g/mol. The Kier molecular flexibility index (Phi) is 37.9. The maximum atomic E-state index is 12.2. The molecule has 0 aromatic carbocycles. The quantitative estimate of drug-likeness (QED) is 0.0250. The molecule has 7 nitrogen and oxygen atoms in total. The lowest BCUT2D eigenvalue weighted by Crippen LogP contribution is -2.28. The van der Waals surface area contributed by atoms with E-state index in [-0.39, 0.29) is 25.6 Å². The molecule has 0 heterocycles. The second-order valence-corrected chi connectivity index (χ2v) is 14.9. The van der Waals surface area contributed by atoms with Gasteiger partial charge in [-0.05, 0) is 44.4 Å². The fourth-order valence-corrected chi connectivity index (χ4v) is 5.82. The van der Waals surface area contributed by atoms with Crippen LogP contribution in [0.2, 0.25) is 0 Å². The van der Waals surface area contributed by atoms with Gasteiger partial charge in [0, 0.05) is 12.8 Å². The smallest absolute Gasteiger partial charge is 0.306 e. The van der Waals surface area contributed by atoms with Crippen molar-refractivity contribution in [3.63, 3.8) is 0 Å². The van der Waals surface area contributed by atoms with E-state index in [9.17, 15) is 24.9 Å². The van der Waals surface area contributed by atoms with E-state index >= 15 is 0 Å². The zero-order chi connectivity index (χ0) is 39.7. The molecule has 54 heavy (non-hydrogen) atoms. The fourth-order valence-electron chi connectivity index (χ4n) is 5.82. The molecule has 0 fully saturated rings. The molecule has 0 amide bonds. The van der Waals surface area contributed by atoms with Crippen LogP contribution in [0.15, 0.2) is 72.9 Å². The second kappa shape index (κ2) is 39.9. The van der Waals surface area contributed by atoms with Crippen molar-refractivity contribution in [2.24, 2.45) is 5.92 Å². The molecule has 0 unspecified atom stereocenters. The topological polar surface area (TPSA) is 113 Å². The molecule has 3 atom stereocenters. The van der Waals surface area contributed by atoms with Crippen LogP contribution in [-0.2, 0) is 19.1 Å². The Morgan fingerprint density at radius 1 is 0.574 bits per heavy atom. The first-order chi connectivity index (χ1) is 26.3. The first-order valence-corrected chi connectivity index (χ1v) is 21.6. The van der Waals surface area contributed by atoms with Crippen LogP contribution in [0.3, 0.4) is 0 Å². The first kappa shape index (κ1) is 51.3. The van der Waals surface area contributed by atoms with Gasteiger partial charge in [-0.2, -0.15) is 0 Å². The van der Waals surface area contributed by atoms with Crippen LogP contribution >= 0.6 is 0 Å². The summed E-state index contributed by atoms with van der Waals surface area (Å²) < 4.78 is 10.5. The van der Waals surface area contributed by atoms with Gasteiger partial charge in [0.05, 0.1) is 18.8 Å². The summed E-state index contributed by atoms with van der Waals surface area (Å²) in [5, 5.41) is 29.4. The van der Waals surface area contributed by atoms with Gasteiger partial charge in [-0.25, -0.2) is 0 Å². The van der Waals surface area contributed by atoms with Crippen molar-refractivity contribution in [2.45, 2.75) is 193 Å². The Morgan fingerprint density at radius 3 is 1.56 bits per heavy atom. The molecule has 0 aromatic heterocycles. The van der Waals surface area contributed by atoms with Crippen molar-refractivity contribution in [1.82, 2.24) is 0 Å². The molecule has 0 saturated carbocycles. The SMILES string of the molecule is CC/C=C\C[C@@H](O)/C=C/C=C\C=C\[C@@H](O)C/C=C\C/C=C\CCC(=O)OC[C@H](CO)OC(=O)CCCCCCCCCCCCCCCCCCC(C)C. The van der Waals surface area contributed by atoms with Crippen molar-refractivity contribution in [2.75, 3.05) is 13.2 Å². The normalized spacial score (nSPS) is 14.2. The number of ether oxygens (including phenoxy) is 2. The third kappa shape index (κ3) is 39.0. The maximum Gasteiger partial charge on any atom is 0.306 e. The van der Waals surface area contributed by atoms with Gasteiger partial charge in [0.2, 0.25) is 0 Å². The van der Waals surface area contributed by atoms with E-state index in [0.29, 0.717) is 32.1 Å². The summed E-state index contributed by atoms with van der Waals surface area (Å²) in [5.41, 5.74) is 0. The van der Waals surface area contributed by atoms with Crippen molar-refractivity contribution < 1.29 is 34.4 Å². The Labute approximate surface area is 330 Å². The van der Waals surface area contributed by atoms with Gasteiger partial charge in [0.25, 0.3) is 0 Å². The molecule has 3 N–H and O–H groups in total. The molecule has 0 spiro atoms. The summed E-state index contributed by atoms with van der Waals surface area (Å²) >= 11 is 0. The average Bonchev–Trinajstić information content (AvgIpc) is 3.15. The molecule has 0 rings (SSSR count). The minimum absolute atomic E-state index is 0.143. The molecule has 0 bridgehead atoms. The van der Waals surface area contributed by atoms with E-state index in [4.69, 9.17) is 9.47 Å². The molecule has 0 aliphatic heterocycles. The van der Waals surface area contributed by atoms with Gasteiger partial charge in [-0.3, -0.25) is 9.59 Å². The number of esters is 2. The molecule has 0 aromatic rings. The van der Waals surface area contributed by atoms with E-state index in [1.807, 2.05) is 48.6 Å². The van der Waals surface area contributed by atoms with Crippen molar-refractivity contribution in [3.8, 4) is 0 Å². The predicted molar refractivity (Wildman–Crippen MR) is 226 cm³/mol. The number of hydrogen-bond acceptors (Lipinski definition) is 7. The molecule has 0 aliphatic carbocycles. The number of rotatable bonds is 37. The monoisotopic (exact) mass is 757 g/mol. The van der Waals surface area contributed by atoms with E-state index in [1.54, 1.807) is 24.3 Å². The minimum atomic E-state index is -0.836.